The van der Waals surface area contributed by atoms with Crippen LogP contribution in [0.2, 0.25) is 0 Å². The monoisotopic (exact) mass is 490 g/mol. The van der Waals surface area contributed by atoms with Gasteiger partial charge in [-0.1, -0.05) is 25.5 Å². The molecule has 0 bridgehead atoms. The lowest BCUT2D eigenvalue weighted by atomic mass is 9.91. The zero-order chi connectivity index (χ0) is 25.6. The number of carbonyl (C=O) groups excluding carboxylic acids is 1. The summed E-state index contributed by atoms with van der Waals surface area (Å²) in [6, 6.07) is 3.94. The lowest BCUT2D eigenvalue weighted by molar-refractivity contribution is -0.151. The zero-order valence-electron chi connectivity index (χ0n) is 20.4. The van der Waals surface area contributed by atoms with Gasteiger partial charge >= 0.3 is 5.97 Å². The first kappa shape index (κ1) is 26.4. The Kier molecular flexibility index (Phi) is 8.64. The molecule has 9 heteroatoms. The third-order valence-electron chi connectivity index (χ3n) is 5.91. The third kappa shape index (κ3) is 7.13. The van der Waals surface area contributed by atoms with Crippen LogP contribution in [0.1, 0.15) is 74.0 Å². The summed E-state index contributed by atoms with van der Waals surface area (Å²) >= 11 is 0. The number of hydrogen-bond acceptors (Lipinski definition) is 5. The van der Waals surface area contributed by atoms with Crippen LogP contribution in [-0.2, 0) is 22.4 Å². The number of benzene rings is 1. The van der Waals surface area contributed by atoms with Gasteiger partial charge in [-0.15, -0.1) is 0 Å². The summed E-state index contributed by atoms with van der Waals surface area (Å²) in [5.41, 5.74) is 2.02. The van der Waals surface area contributed by atoms with Gasteiger partial charge in [0.15, 0.2) is 6.04 Å². The van der Waals surface area contributed by atoms with Crippen molar-refractivity contribution in [3.05, 3.63) is 52.7 Å². The van der Waals surface area contributed by atoms with E-state index in [-0.39, 0.29) is 6.54 Å². The van der Waals surface area contributed by atoms with Gasteiger partial charge in [-0.25, -0.2) is 18.6 Å². The normalized spacial score (nSPS) is 15.9. The van der Waals surface area contributed by atoms with E-state index in [4.69, 9.17) is 9.15 Å². The number of amides is 1. The minimum Gasteiger partial charge on any atom is -0.493 e. The fourth-order valence-electron chi connectivity index (χ4n) is 4.06. The number of aryl methyl sites for hydroxylation is 1. The summed E-state index contributed by atoms with van der Waals surface area (Å²) in [5, 5.41) is 9.85. The minimum atomic E-state index is -2.99. The molecule has 1 atom stereocenters. The molecule has 35 heavy (non-hydrogen) atoms. The summed E-state index contributed by atoms with van der Waals surface area (Å²) in [4.78, 5) is 30.3. The van der Waals surface area contributed by atoms with Crippen molar-refractivity contribution >= 4 is 18.0 Å². The number of hydrogen-bond donors (Lipinski definition) is 1. The molecular formula is C26H32F2N2O5. The summed E-state index contributed by atoms with van der Waals surface area (Å²) in [7, 11) is 0. The van der Waals surface area contributed by atoms with Crippen molar-refractivity contribution in [2.75, 3.05) is 13.2 Å². The zero-order valence-corrected chi connectivity index (χ0v) is 20.4. The maximum absolute atomic E-state index is 13.2. The molecule has 0 fully saturated rings. The van der Waals surface area contributed by atoms with Gasteiger partial charge in [0.25, 0.3) is 0 Å². The molecule has 2 aromatic rings. The molecule has 0 spiro atoms. The van der Waals surface area contributed by atoms with E-state index < -0.39 is 36.7 Å². The van der Waals surface area contributed by atoms with Crippen LogP contribution in [0.3, 0.4) is 0 Å². The van der Waals surface area contributed by atoms with Crippen LogP contribution < -0.4 is 4.74 Å². The second-order valence-electron chi connectivity index (χ2n) is 8.85. The van der Waals surface area contributed by atoms with E-state index in [2.05, 4.69) is 11.9 Å². The quantitative estimate of drug-likeness (QED) is 0.456. The van der Waals surface area contributed by atoms with Crippen molar-refractivity contribution in [2.24, 2.45) is 0 Å². The smallest absolute Gasteiger partial charge is 0.331 e. The Balaban J connectivity index is 1.68. The van der Waals surface area contributed by atoms with Gasteiger partial charge < -0.3 is 19.2 Å². The highest BCUT2D eigenvalue weighted by Gasteiger charge is 2.37. The second kappa shape index (κ2) is 11.5. The number of allylic oxidation sites excluding steroid dienone is 1. The number of carboxylic acids is 1. The highest BCUT2D eigenvalue weighted by Crippen LogP contribution is 2.34. The van der Waals surface area contributed by atoms with Gasteiger partial charge in [0.1, 0.15) is 11.5 Å². The van der Waals surface area contributed by atoms with Crippen molar-refractivity contribution in [2.45, 2.75) is 71.3 Å². The lowest BCUT2D eigenvalue weighted by Crippen LogP contribution is -2.43. The Morgan fingerprint density at radius 2 is 2.14 bits per heavy atom. The van der Waals surface area contributed by atoms with Crippen LogP contribution in [0.5, 0.6) is 5.75 Å². The highest BCUT2D eigenvalue weighted by molar-refractivity contribution is 5.85. The number of unbranched alkanes of at least 4 members (excludes halogenated alkanes) is 1. The average Bonchev–Trinajstić information content (AvgIpc) is 3.15. The van der Waals surface area contributed by atoms with E-state index in [1.54, 1.807) is 18.2 Å². The largest absolute Gasteiger partial charge is 0.493 e. The maximum atomic E-state index is 13.2. The van der Waals surface area contributed by atoms with Gasteiger partial charge in [0.05, 0.1) is 12.3 Å². The van der Waals surface area contributed by atoms with Crippen LogP contribution in [0, 0.1) is 6.92 Å². The van der Waals surface area contributed by atoms with Crippen molar-refractivity contribution in [1.29, 1.82) is 0 Å². The van der Waals surface area contributed by atoms with Crippen molar-refractivity contribution in [3.63, 3.8) is 0 Å². The molecular weight excluding hydrogens is 458 g/mol. The number of carboxylic acid groups (broad SMARTS) is 1. The fraction of sp³-hybridized carbons (Fsp3) is 0.500. The highest BCUT2D eigenvalue weighted by atomic mass is 19.3. The van der Waals surface area contributed by atoms with Gasteiger partial charge in [-0.05, 0) is 56.0 Å². The molecule has 0 aliphatic carbocycles. The Morgan fingerprint density at radius 3 is 2.83 bits per heavy atom. The molecule has 0 radical (unpaired) electrons. The average molecular weight is 491 g/mol. The Bertz CT molecular complexity index is 1070. The van der Waals surface area contributed by atoms with E-state index in [1.165, 1.54) is 4.90 Å². The number of rotatable bonds is 11. The molecule has 1 aromatic carbocycles. The Morgan fingerprint density at radius 1 is 1.37 bits per heavy atom. The molecule has 1 amide bonds. The summed E-state index contributed by atoms with van der Waals surface area (Å²) in [5.74, 6) is -3.06. The fourth-order valence-corrected chi connectivity index (χ4v) is 4.06. The second-order valence-corrected chi connectivity index (χ2v) is 8.85. The molecule has 7 nitrogen and oxygen atoms in total. The molecule has 1 aliphatic rings. The number of alkyl halides is 2. The molecule has 2 heterocycles. The van der Waals surface area contributed by atoms with Crippen molar-refractivity contribution in [1.82, 2.24) is 9.88 Å². The summed E-state index contributed by atoms with van der Waals surface area (Å²) in [6.07, 6.45) is 5.77. The van der Waals surface area contributed by atoms with Crippen LogP contribution in [0.4, 0.5) is 8.78 Å². The number of nitrogens with zero attached hydrogens (tertiary/aromatic N) is 2. The van der Waals surface area contributed by atoms with E-state index in [0.29, 0.717) is 42.4 Å². The number of halogens is 2. The molecule has 1 N–H and O–H groups in total. The molecule has 0 saturated carbocycles. The summed E-state index contributed by atoms with van der Waals surface area (Å²) < 4.78 is 37.9. The number of oxazole rings is 1. The van der Waals surface area contributed by atoms with Crippen LogP contribution >= 0.6 is 0 Å². The Hall–Kier alpha value is -3.23. The number of ether oxygens (including phenoxy) is 1. The van der Waals surface area contributed by atoms with E-state index in [9.17, 15) is 23.5 Å². The molecule has 3 rings (SSSR count). The lowest BCUT2D eigenvalue weighted by Gasteiger charge is -2.35. The third-order valence-corrected chi connectivity index (χ3v) is 5.91. The van der Waals surface area contributed by atoms with Crippen LogP contribution in [-0.4, -0.2) is 45.9 Å². The SMILES string of the molecule is CCCC=Cc1nc(CCOc2ccc3c(c2)C(C(=O)O)N(C(=O)CCC(C)(F)F)CC3)c(C)o1. The maximum Gasteiger partial charge on any atom is 0.331 e. The number of aliphatic carboxylic acids is 1. The molecule has 190 valence electrons. The van der Waals surface area contributed by atoms with E-state index >= 15 is 0 Å². The number of aromatic nitrogens is 1. The molecule has 1 aromatic heterocycles. The molecule has 0 saturated heterocycles. The van der Waals surface area contributed by atoms with Crippen LogP contribution in [0.15, 0.2) is 28.7 Å². The van der Waals surface area contributed by atoms with Crippen molar-refractivity contribution < 1.29 is 32.6 Å². The van der Waals surface area contributed by atoms with E-state index in [0.717, 1.165) is 31.0 Å². The molecule has 1 unspecified atom stereocenters. The summed E-state index contributed by atoms with van der Waals surface area (Å²) in [6.45, 7) is 5.15. The number of carbonyl (C=O) groups is 2. The first-order valence-electron chi connectivity index (χ1n) is 11.9. The van der Waals surface area contributed by atoms with E-state index in [1.807, 2.05) is 19.1 Å². The first-order valence-corrected chi connectivity index (χ1v) is 11.9. The minimum absolute atomic E-state index is 0.165. The topological polar surface area (TPSA) is 92.9 Å². The van der Waals surface area contributed by atoms with Gasteiger partial charge in [0.2, 0.25) is 17.7 Å². The standard InChI is InChI=1S/C26H32F2N2O5/c1-4-5-6-7-22-29-21(17(2)35-22)12-15-34-19-9-8-18-11-14-30(23(31)10-13-26(3,27)28)24(25(32)33)20(18)16-19/h6-9,16,24H,4-5,10-15H2,1-3H3,(H,32,33). The predicted molar refractivity (Wildman–Crippen MR) is 126 cm³/mol. The Labute approximate surface area is 203 Å². The van der Waals surface area contributed by atoms with Gasteiger partial charge in [0, 0.05) is 25.8 Å². The van der Waals surface area contributed by atoms with Crippen molar-refractivity contribution in [3.8, 4) is 5.75 Å². The van der Waals surface area contributed by atoms with Crippen LogP contribution in [0.25, 0.3) is 6.08 Å². The predicted octanol–water partition coefficient (Wildman–Crippen LogP) is 5.36. The van der Waals surface area contributed by atoms with Gasteiger partial charge in [-0.2, -0.15) is 0 Å². The molecule has 1 aliphatic heterocycles. The van der Waals surface area contributed by atoms with Gasteiger partial charge in [-0.3, -0.25) is 4.79 Å². The number of fused-ring (bicyclic) bond motifs is 1. The first-order chi connectivity index (χ1) is 16.6.